The van der Waals surface area contributed by atoms with Gasteiger partial charge in [-0.3, -0.25) is 4.79 Å². The van der Waals surface area contributed by atoms with E-state index in [4.69, 9.17) is 0 Å². The summed E-state index contributed by atoms with van der Waals surface area (Å²) in [6.07, 6.45) is 2.48. The highest BCUT2D eigenvalue weighted by molar-refractivity contribution is 9.10. The molecule has 88 valence electrons. The van der Waals surface area contributed by atoms with Gasteiger partial charge < -0.3 is 5.32 Å². The number of benzene rings is 1. The molecule has 2 rings (SSSR count). The van der Waals surface area contributed by atoms with E-state index in [2.05, 4.69) is 26.2 Å². The summed E-state index contributed by atoms with van der Waals surface area (Å²) >= 11 is 4.78. The Kier molecular flexibility index (Phi) is 3.91. The Morgan fingerprint density at radius 1 is 1.41 bits per heavy atom. The predicted molar refractivity (Wildman–Crippen MR) is 73.6 cm³/mol. The third kappa shape index (κ3) is 3.14. The van der Waals surface area contributed by atoms with Crippen molar-refractivity contribution in [2.45, 2.75) is 13.3 Å². The van der Waals surface area contributed by atoms with Gasteiger partial charge in [0.1, 0.15) is 4.88 Å². The number of carbonyl (C=O) groups is 1. The number of thiazole rings is 1. The molecule has 1 heterocycles. The summed E-state index contributed by atoms with van der Waals surface area (Å²) in [5.41, 5.74) is 0.782. The topological polar surface area (TPSA) is 42.0 Å². The summed E-state index contributed by atoms with van der Waals surface area (Å²) in [5, 5.41) is 3.81. The summed E-state index contributed by atoms with van der Waals surface area (Å²) < 4.78 is 0.988. The van der Waals surface area contributed by atoms with E-state index < -0.39 is 0 Å². The van der Waals surface area contributed by atoms with Gasteiger partial charge in [-0.2, -0.15) is 0 Å². The summed E-state index contributed by atoms with van der Waals surface area (Å²) in [6, 6.07) is 7.48. The van der Waals surface area contributed by atoms with E-state index in [9.17, 15) is 4.79 Å². The lowest BCUT2D eigenvalue weighted by molar-refractivity contribution is 0.103. The molecular weight excluding hydrogens is 300 g/mol. The van der Waals surface area contributed by atoms with Crippen LogP contribution in [0.3, 0.4) is 0 Å². The van der Waals surface area contributed by atoms with Crippen molar-refractivity contribution in [1.29, 1.82) is 0 Å². The van der Waals surface area contributed by atoms with E-state index in [0.717, 1.165) is 21.6 Å². The van der Waals surface area contributed by atoms with Crippen LogP contribution in [-0.4, -0.2) is 10.9 Å². The van der Waals surface area contributed by atoms with Crippen LogP contribution in [0.25, 0.3) is 0 Å². The highest BCUT2D eigenvalue weighted by Gasteiger charge is 2.09. The number of hydrogen-bond acceptors (Lipinski definition) is 3. The SMILES string of the molecule is CCc1ncc(C(=O)Nc2ccc(Br)cc2)s1. The second-order valence-corrected chi connectivity index (χ2v) is 5.46. The van der Waals surface area contributed by atoms with Crippen LogP contribution >= 0.6 is 27.3 Å². The Bertz CT molecular complexity index is 522. The van der Waals surface area contributed by atoms with Crippen molar-refractivity contribution in [3.05, 3.63) is 44.8 Å². The number of carbonyl (C=O) groups excluding carboxylic acids is 1. The highest BCUT2D eigenvalue weighted by Crippen LogP contribution is 2.17. The van der Waals surface area contributed by atoms with Crippen LogP contribution in [0.15, 0.2) is 34.9 Å². The molecule has 5 heteroatoms. The Balaban J connectivity index is 2.08. The van der Waals surface area contributed by atoms with Gasteiger partial charge in [-0.05, 0) is 30.7 Å². The van der Waals surface area contributed by atoms with E-state index in [1.807, 2.05) is 31.2 Å². The number of amides is 1. The van der Waals surface area contributed by atoms with Crippen LogP contribution < -0.4 is 5.32 Å². The molecule has 17 heavy (non-hydrogen) atoms. The molecule has 2 aromatic rings. The number of nitrogens with one attached hydrogen (secondary N) is 1. The molecule has 1 aromatic carbocycles. The minimum atomic E-state index is -0.107. The normalized spacial score (nSPS) is 10.2. The number of nitrogens with zero attached hydrogens (tertiary/aromatic N) is 1. The van der Waals surface area contributed by atoms with Crippen molar-refractivity contribution in [2.75, 3.05) is 5.32 Å². The third-order valence-corrected chi connectivity index (χ3v) is 3.85. The van der Waals surface area contributed by atoms with E-state index in [-0.39, 0.29) is 5.91 Å². The molecule has 0 saturated heterocycles. The average molecular weight is 311 g/mol. The zero-order valence-electron chi connectivity index (χ0n) is 9.24. The minimum Gasteiger partial charge on any atom is -0.321 e. The highest BCUT2D eigenvalue weighted by atomic mass is 79.9. The molecule has 0 aliphatic carbocycles. The second kappa shape index (κ2) is 5.42. The zero-order chi connectivity index (χ0) is 12.3. The first-order valence-corrected chi connectivity index (χ1v) is 6.81. The van der Waals surface area contributed by atoms with Gasteiger partial charge in [0.25, 0.3) is 5.91 Å². The van der Waals surface area contributed by atoms with Gasteiger partial charge in [0.2, 0.25) is 0 Å². The fourth-order valence-electron chi connectivity index (χ4n) is 1.30. The van der Waals surface area contributed by atoms with E-state index in [0.29, 0.717) is 4.88 Å². The van der Waals surface area contributed by atoms with Crippen molar-refractivity contribution in [3.63, 3.8) is 0 Å². The second-order valence-electron chi connectivity index (χ2n) is 3.43. The van der Waals surface area contributed by atoms with Crippen molar-refractivity contribution < 1.29 is 4.79 Å². The predicted octanol–water partition coefficient (Wildman–Crippen LogP) is 3.72. The monoisotopic (exact) mass is 310 g/mol. The maximum atomic E-state index is 11.9. The number of aryl methyl sites for hydroxylation is 1. The molecule has 0 radical (unpaired) electrons. The van der Waals surface area contributed by atoms with E-state index in [1.54, 1.807) is 6.20 Å². The molecule has 0 spiro atoms. The van der Waals surface area contributed by atoms with Gasteiger partial charge >= 0.3 is 0 Å². The van der Waals surface area contributed by atoms with Crippen molar-refractivity contribution >= 4 is 38.9 Å². The van der Waals surface area contributed by atoms with E-state index >= 15 is 0 Å². The maximum absolute atomic E-state index is 11.9. The molecule has 0 atom stereocenters. The maximum Gasteiger partial charge on any atom is 0.267 e. The quantitative estimate of drug-likeness (QED) is 0.938. The lowest BCUT2D eigenvalue weighted by atomic mass is 10.3. The summed E-state index contributed by atoms with van der Waals surface area (Å²) in [5.74, 6) is -0.107. The van der Waals surface area contributed by atoms with Gasteiger partial charge in [-0.25, -0.2) is 4.98 Å². The van der Waals surface area contributed by atoms with E-state index in [1.165, 1.54) is 11.3 Å². The first-order valence-electron chi connectivity index (χ1n) is 5.20. The molecule has 0 fully saturated rings. The van der Waals surface area contributed by atoms with Crippen LogP contribution in [0.1, 0.15) is 21.6 Å². The molecule has 0 unspecified atom stereocenters. The molecule has 1 aromatic heterocycles. The number of aromatic nitrogens is 1. The Hall–Kier alpha value is -1.20. The van der Waals surface area contributed by atoms with Gasteiger partial charge in [0.15, 0.2) is 0 Å². The van der Waals surface area contributed by atoms with Crippen LogP contribution in [0, 0.1) is 0 Å². The van der Waals surface area contributed by atoms with Gasteiger partial charge in [0.05, 0.1) is 11.2 Å². The van der Waals surface area contributed by atoms with Crippen LogP contribution in [0.2, 0.25) is 0 Å². The van der Waals surface area contributed by atoms with Crippen LogP contribution in [0.4, 0.5) is 5.69 Å². The molecule has 0 bridgehead atoms. The summed E-state index contributed by atoms with van der Waals surface area (Å²) in [4.78, 5) is 16.7. The van der Waals surface area contributed by atoms with Crippen LogP contribution in [-0.2, 0) is 6.42 Å². The summed E-state index contributed by atoms with van der Waals surface area (Å²) in [6.45, 7) is 2.02. The molecular formula is C12H11BrN2OS. The number of anilines is 1. The smallest absolute Gasteiger partial charge is 0.267 e. The number of rotatable bonds is 3. The first kappa shape index (κ1) is 12.3. The molecule has 3 nitrogen and oxygen atoms in total. The Morgan fingerprint density at radius 2 is 2.12 bits per heavy atom. The fourth-order valence-corrected chi connectivity index (χ4v) is 2.32. The lowest BCUT2D eigenvalue weighted by Crippen LogP contribution is -2.09. The largest absolute Gasteiger partial charge is 0.321 e. The first-order chi connectivity index (χ1) is 8.19. The minimum absolute atomic E-state index is 0.107. The van der Waals surface area contributed by atoms with Crippen molar-refractivity contribution in [3.8, 4) is 0 Å². The average Bonchev–Trinajstić information content (AvgIpc) is 2.81. The Morgan fingerprint density at radius 3 is 2.71 bits per heavy atom. The number of halogens is 1. The zero-order valence-corrected chi connectivity index (χ0v) is 11.6. The molecule has 0 aliphatic heterocycles. The van der Waals surface area contributed by atoms with Gasteiger partial charge in [0, 0.05) is 10.2 Å². The molecule has 1 N–H and O–H groups in total. The molecule has 0 saturated carbocycles. The van der Waals surface area contributed by atoms with Crippen molar-refractivity contribution in [2.24, 2.45) is 0 Å². The van der Waals surface area contributed by atoms with Crippen LogP contribution in [0.5, 0.6) is 0 Å². The Labute approximate surface area is 112 Å². The van der Waals surface area contributed by atoms with Crippen molar-refractivity contribution in [1.82, 2.24) is 4.98 Å². The standard InChI is InChI=1S/C12H11BrN2OS/c1-2-11-14-7-10(17-11)12(16)15-9-5-3-8(13)4-6-9/h3-7H,2H2,1H3,(H,15,16). The van der Waals surface area contributed by atoms with Gasteiger partial charge in [-0.1, -0.05) is 22.9 Å². The molecule has 1 amide bonds. The fraction of sp³-hybridized carbons (Fsp3) is 0.167. The van der Waals surface area contributed by atoms with Gasteiger partial charge in [-0.15, -0.1) is 11.3 Å². The number of hydrogen-bond donors (Lipinski definition) is 1. The third-order valence-electron chi connectivity index (χ3n) is 2.18. The lowest BCUT2D eigenvalue weighted by Gasteiger charge is -2.02. The summed E-state index contributed by atoms with van der Waals surface area (Å²) in [7, 11) is 0. The molecule has 0 aliphatic rings.